The highest BCUT2D eigenvalue weighted by atomic mass is 19.1. The molecule has 2 aromatic carbocycles. The van der Waals surface area contributed by atoms with Gasteiger partial charge in [0, 0.05) is 30.8 Å². The van der Waals surface area contributed by atoms with E-state index in [0.717, 1.165) is 24.0 Å². The Labute approximate surface area is 198 Å². The van der Waals surface area contributed by atoms with Crippen LogP contribution in [0.1, 0.15) is 28.8 Å². The topological polar surface area (TPSA) is 68.0 Å². The minimum atomic E-state index is -0.313. The monoisotopic (exact) mass is 465 g/mol. The maximum Gasteiger partial charge on any atom is 0.254 e. The molecule has 34 heavy (non-hydrogen) atoms. The number of rotatable bonds is 8. The number of morpholine rings is 1. The van der Waals surface area contributed by atoms with Crippen LogP contribution >= 0.6 is 0 Å². The summed E-state index contributed by atoms with van der Waals surface area (Å²) in [6, 6.07) is 13.4. The number of benzene rings is 2. The van der Waals surface area contributed by atoms with Gasteiger partial charge in [-0.15, -0.1) is 0 Å². The Balaban J connectivity index is 1.50. The second-order valence-electron chi connectivity index (χ2n) is 8.78. The second-order valence-corrected chi connectivity index (χ2v) is 8.78. The summed E-state index contributed by atoms with van der Waals surface area (Å²) < 4.78 is 30.1. The third-order valence-electron chi connectivity index (χ3n) is 6.33. The Bertz CT molecular complexity index is 1120. The van der Waals surface area contributed by atoms with Gasteiger partial charge >= 0.3 is 0 Å². The van der Waals surface area contributed by atoms with Gasteiger partial charge in [0.2, 0.25) is 5.88 Å². The van der Waals surface area contributed by atoms with Crippen molar-refractivity contribution < 1.29 is 23.2 Å². The van der Waals surface area contributed by atoms with Crippen LogP contribution in [0, 0.1) is 11.7 Å². The van der Waals surface area contributed by atoms with Crippen LogP contribution in [0.15, 0.2) is 53.1 Å². The number of ether oxygens (including phenoxy) is 2. The highest BCUT2D eigenvalue weighted by Crippen LogP contribution is 2.36. The molecule has 3 aromatic rings. The molecule has 2 heterocycles. The summed E-state index contributed by atoms with van der Waals surface area (Å²) >= 11 is 0. The number of methoxy groups -OCH3 is 1. The molecule has 178 valence electrons. The first kappa shape index (κ1) is 22.4. The van der Waals surface area contributed by atoms with E-state index >= 15 is 0 Å². The number of aromatic nitrogens is 1. The van der Waals surface area contributed by atoms with Crippen LogP contribution in [-0.4, -0.2) is 55.9 Å². The van der Waals surface area contributed by atoms with Gasteiger partial charge in [0.15, 0.2) is 0 Å². The first-order valence-electron chi connectivity index (χ1n) is 11.6. The van der Waals surface area contributed by atoms with Crippen LogP contribution in [0.3, 0.4) is 0 Å². The standard InChI is InChI=1S/C26H28FN3O4/c1-32-22-10-6-20(7-11-22)25(31)30(16-18-2-3-18)17-23-24(19-4-8-21(27)9-5-19)28-34-26(23)29-12-14-33-15-13-29/h4-11,18H,2-3,12-17H2,1H3. The maximum absolute atomic E-state index is 13.6. The predicted molar refractivity (Wildman–Crippen MR) is 125 cm³/mol. The van der Waals surface area contributed by atoms with Crippen LogP contribution in [0.5, 0.6) is 5.75 Å². The van der Waals surface area contributed by atoms with Crippen LogP contribution < -0.4 is 9.64 Å². The average molecular weight is 466 g/mol. The van der Waals surface area contributed by atoms with Gasteiger partial charge in [-0.3, -0.25) is 4.79 Å². The van der Waals surface area contributed by atoms with Crippen molar-refractivity contribution in [1.82, 2.24) is 10.1 Å². The van der Waals surface area contributed by atoms with E-state index in [4.69, 9.17) is 14.0 Å². The number of nitrogens with zero attached hydrogens (tertiary/aromatic N) is 3. The first-order chi connectivity index (χ1) is 16.6. The zero-order valence-corrected chi connectivity index (χ0v) is 19.2. The summed E-state index contributed by atoms with van der Waals surface area (Å²) in [5.41, 5.74) is 2.82. The van der Waals surface area contributed by atoms with Gasteiger partial charge < -0.3 is 23.8 Å². The molecule has 8 heteroatoms. The third-order valence-corrected chi connectivity index (χ3v) is 6.33. The molecular formula is C26H28FN3O4. The number of carbonyl (C=O) groups excluding carboxylic acids is 1. The Morgan fingerprint density at radius 2 is 1.82 bits per heavy atom. The van der Waals surface area contributed by atoms with E-state index in [2.05, 4.69) is 10.1 Å². The van der Waals surface area contributed by atoms with Crippen molar-refractivity contribution in [1.29, 1.82) is 0 Å². The Kier molecular flexibility index (Phi) is 6.49. The molecule has 5 rings (SSSR count). The zero-order chi connectivity index (χ0) is 23.5. The smallest absolute Gasteiger partial charge is 0.254 e. The Morgan fingerprint density at radius 1 is 1.12 bits per heavy atom. The van der Waals surface area contributed by atoms with Gasteiger partial charge in [0.25, 0.3) is 5.91 Å². The van der Waals surface area contributed by atoms with Gasteiger partial charge in [-0.2, -0.15) is 0 Å². The maximum atomic E-state index is 13.6. The van der Waals surface area contributed by atoms with Crippen molar-refractivity contribution in [3.05, 3.63) is 65.5 Å². The summed E-state index contributed by atoms with van der Waals surface area (Å²) in [4.78, 5) is 17.5. The van der Waals surface area contributed by atoms with Crippen molar-refractivity contribution >= 4 is 11.8 Å². The number of hydrogen-bond acceptors (Lipinski definition) is 6. The van der Waals surface area contributed by atoms with E-state index in [9.17, 15) is 9.18 Å². The predicted octanol–water partition coefficient (Wildman–Crippen LogP) is 4.38. The fourth-order valence-electron chi connectivity index (χ4n) is 4.23. The van der Waals surface area contributed by atoms with Gasteiger partial charge in [-0.25, -0.2) is 4.39 Å². The van der Waals surface area contributed by atoms with Crippen LogP contribution in [0.25, 0.3) is 11.3 Å². The van der Waals surface area contributed by atoms with Crippen molar-refractivity contribution in [2.24, 2.45) is 5.92 Å². The minimum Gasteiger partial charge on any atom is -0.497 e. The molecule has 0 N–H and O–H groups in total. The van der Waals surface area contributed by atoms with E-state index in [1.54, 1.807) is 43.5 Å². The van der Waals surface area contributed by atoms with Gasteiger partial charge in [0.1, 0.15) is 17.3 Å². The lowest BCUT2D eigenvalue weighted by Gasteiger charge is -2.28. The number of amides is 1. The van der Waals surface area contributed by atoms with Crippen molar-refractivity contribution in [2.75, 3.05) is 44.9 Å². The molecular weight excluding hydrogens is 437 g/mol. The van der Waals surface area contributed by atoms with E-state index < -0.39 is 0 Å². The molecule has 0 unspecified atom stereocenters. The zero-order valence-electron chi connectivity index (χ0n) is 19.2. The minimum absolute atomic E-state index is 0.0475. The molecule has 0 bridgehead atoms. The molecule has 7 nitrogen and oxygen atoms in total. The fraction of sp³-hybridized carbons (Fsp3) is 0.385. The lowest BCUT2D eigenvalue weighted by molar-refractivity contribution is 0.0734. The van der Waals surface area contributed by atoms with Gasteiger partial charge in [0.05, 0.1) is 32.4 Å². The first-order valence-corrected chi connectivity index (χ1v) is 11.6. The number of anilines is 1. The third kappa shape index (κ3) is 4.92. The van der Waals surface area contributed by atoms with E-state index in [1.807, 2.05) is 4.90 Å². The summed E-state index contributed by atoms with van der Waals surface area (Å²) in [5.74, 6) is 1.49. The SMILES string of the molecule is COc1ccc(C(=O)N(Cc2c(-c3ccc(F)cc3)noc2N2CCOCC2)CC2CC2)cc1. The molecule has 0 radical (unpaired) electrons. The molecule has 1 amide bonds. The molecule has 1 saturated heterocycles. The summed E-state index contributed by atoms with van der Waals surface area (Å²) in [5, 5.41) is 4.36. The van der Waals surface area contributed by atoms with E-state index in [0.29, 0.717) is 68.2 Å². The number of hydrogen-bond donors (Lipinski definition) is 0. The van der Waals surface area contributed by atoms with E-state index in [1.165, 1.54) is 12.1 Å². The average Bonchev–Trinajstić information content (AvgIpc) is 3.61. The van der Waals surface area contributed by atoms with Crippen LogP contribution in [0.4, 0.5) is 10.3 Å². The largest absolute Gasteiger partial charge is 0.497 e. The van der Waals surface area contributed by atoms with E-state index in [-0.39, 0.29) is 11.7 Å². The molecule has 1 aliphatic carbocycles. The molecule has 1 saturated carbocycles. The molecule has 0 atom stereocenters. The fourth-order valence-corrected chi connectivity index (χ4v) is 4.23. The molecule has 1 aliphatic heterocycles. The molecule has 0 spiro atoms. The highest BCUT2D eigenvalue weighted by Gasteiger charge is 2.31. The molecule has 2 aliphatic rings. The Morgan fingerprint density at radius 3 is 2.47 bits per heavy atom. The van der Waals surface area contributed by atoms with Gasteiger partial charge in [-0.1, -0.05) is 5.16 Å². The second kappa shape index (κ2) is 9.85. The lowest BCUT2D eigenvalue weighted by atomic mass is 10.1. The van der Waals surface area contributed by atoms with Crippen molar-refractivity contribution in [3.63, 3.8) is 0 Å². The summed E-state index contributed by atoms with van der Waals surface area (Å²) in [6.45, 7) is 3.58. The van der Waals surface area contributed by atoms with Crippen LogP contribution in [0.2, 0.25) is 0 Å². The summed E-state index contributed by atoms with van der Waals surface area (Å²) in [7, 11) is 1.60. The molecule has 1 aromatic heterocycles. The van der Waals surface area contributed by atoms with Crippen LogP contribution in [-0.2, 0) is 11.3 Å². The Hall–Kier alpha value is -3.39. The number of carbonyl (C=O) groups is 1. The van der Waals surface area contributed by atoms with Crippen molar-refractivity contribution in [3.8, 4) is 17.0 Å². The summed E-state index contributed by atoms with van der Waals surface area (Å²) in [6.07, 6.45) is 2.24. The normalized spacial score (nSPS) is 15.9. The quantitative estimate of drug-likeness (QED) is 0.492. The highest BCUT2D eigenvalue weighted by molar-refractivity contribution is 5.94. The van der Waals surface area contributed by atoms with Crippen molar-refractivity contribution in [2.45, 2.75) is 19.4 Å². The molecule has 2 fully saturated rings. The van der Waals surface area contributed by atoms with Gasteiger partial charge in [-0.05, 0) is 67.3 Å². The lowest BCUT2D eigenvalue weighted by Crippen LogP contribution is -2.37. The number of halogens is 1.